The van der Waals surface area contributed by atoms with Crippen LogP contribution >= 0.6 is 0 Å². The van der Waals surface area contributed by atoms with Crippen molar-refractivity contribution in [3.8, 4) is 0 Å². The van der Waals surface area contributed by atoms with E-state index in [9.17, 15) is 4.79 Å². The molecule has 4 nitrogen and oxygen atoms in total. The highest BCUT2D eigenvalue weighted by Gasteiger charge is 2.11. The molecule has 1 aliphatic rings. The maximum atomic E-state index is 12.3. The molecule has 1 amide bonds. The van der Waals surface area contributed by atoms with Gasteiger partial charge in [-0.15, -0.1) is 0 Å². The molecular formula is C20H24N2O2. The molecule has 0 aliphatic carbocycles. The Morgan fingerprint density at radius 1 is 1.00 bits per heavy atom. The molecule has 0 spiro atoms. The number of hydrogen-bond donors (Lipinski definition) is 1. The standard InChI is InChI=1S/C20H24N2O2/c1-2-16-3-7-18(8-4-16)20(23)21-19-9-5-17(6-10-19)15-22-11-13-24-14-12-22/h3-10H,2,11-15H2,1H3,(H,21,23). The summed E-state index contributed by atoms with van der Waals surface area (Å²) in [6.45, 7) is 6.61. The van der Waals surface area contributed by atoms with Crippen LogP contribution in [0.5, 0.6) is 0 Å². The summed E-state index contributed by atoms with van der Waals surface area (Å²) >= 11 is 0. The highest BCUT2D eigenvalue weighted by molar-refractivity contribution is 6.04. The van der Waals surface area contributed by atoms with Gasteiger partial charge in [-0.1, -0.05) is 31.2 Å². The smallest absolute Gasteiger partial charge is 0.255 e. The predicted octanol–water partition coefficient (Wildman–Crippen LogP) is 3.33. The molecule has 0 radical (unpaired) electrons. The van der Waals surface area contributed by atoms with E-state index in [1.807, 2.05) is 36.4 Å². The molecule has 1 heterocycles. The number of ether oxygens (including phenoxy) is 1. The Balaban J connectivity index is 1.57. The van der Waals surface area contributed by atoms with E-state index in [-0.39, 0.29) is 5.91 Å². The molecule has 0 bridgehead atoms. The molecule has 1 N–H and O–H groups in total. The summed E-state index contributed by atoms with van der Waals surface area (Å²) in [6.07, 6.45) is 0.979. The molecule has 3 rings (SSSR count). The lowest BCUT2D eigenvalue weighted by Crippen LogP contribution is -2.35. The number of aryl methyl sites for hydroxylation is 1. The number of nitrogens with zero attached hydrogens (tertiary/aromatic N) is 1. The first kappa shape index (κ1) is 16.7. The van der Waals surface area contributed by atoms with Gasteiger partial charge >= 0.3 is 0 Å². The van der Waals surface area contributed by atoms with E-state index in [4.69, 9.17) is 4.74 Å². The topological polar surface area (TPSA) is 41.6 Å². The summed E-state index contributed by atoms with van der Waals surface area (Å²) in [6, 6.07) is 15.8. The highest BCUT2D eigenvalue weighted by Crippen LogP contribution is 2.14. The van der Waals surface area contributed by atoms with E-state index < -0.39 is 0 Å². The van der Waals surface area contributed by atoms with Crippen LogP contribution in [-0.4, -0.2) is 37.1 Å². The molecule has 126 valence electrons. The summed E-state index contributed by atoms with van der Waals surface area (Å²) in [4.78, 5) is 14.7. The largest absolute Gasteiger partial charge is 0.379 e. The lowest BCUT2D eigenvalue weighted by molar-refractivity contribution is 0.0342. The fourth-order valence-corrected chi connectivity index (χ4v) is 2.81. The van der Waals surface area contributed by atoms with E-state index >= 15 is 0 Å². The molecule has 4 heteroatoms. The number of morpholine rings is 1. The van der Waals surface area contributed by atoms with Gasteiger partial charge in [0.15, 0.2) is 0 Å². The van der Waals surface area contributed by atoms with Gasteiger partial charge in [0.05, 0.1) is 13.2 Å². The molecule has 1 saturated heterocycles. The van der Waals surface area contributed by atoms with Crippen LogP contribution < -0.4 is 5.32 Å². The first-order chi connectivity index (χ1) is 11.7. The van der Waals surface area contributed by atoms with Gasteiger partial charge in [0.1, 0.15) is 0 Å². The normalized spacial score (nSPS) is 15.2. The summed E-state index contributed by atoms with van der Waals surface area (Å²) in [7, 11) is 0. The van der Waals surface area contributed by atoms with E-state index in [1.165, 1.54) is 11.1 Å². The van der Waals surface area contributed by atoms with E-state index in [0.717, 1.165) is 45.0 Å². The SMILES string of the molecule is CCc1ccc(C(=O)Nc2ccc(CN3CCOCC3)cc2)cc1. The minimum Gasteiger partial charge on any atom is -0.379 e. The van der Waals surface area contributed by atoms with E-state index in [0.29, 0.717) is 5.56 Å². The Morgan fingerprint density at radius 2 is 1.62 bits per heavy atom. The third-order valence-electron chi connectivity index (χ3n) is 4.35. The number of hydrogen-bond acceptors (Lipinski definition) is 3. The third kappa shape index (κ3) is 4.43. The number of carbonyl (C=O) groups is 1. The number of benzene rings is 2. The number of nitrogens with one attached hydrogen (secondary N) is 1. The van der Waals surface area contributed by atoms with Gasteiger partial charge in [-0.3, -0.25) is 9.69 Å². The van der Waals surface area contributed by atoms with Crippen molar-refractivity contribution in [3.05, 3.63) is 65.2 Å². The van der Waals surface area contributed by atoms with E-state index in [2.05, 4.69) is 29.3 Å². The number of carbonyl (C=O) groups excluding carboxylic acids is 1. The summed E-state index contributed by atoms with van der Waals surface area (Å²) < 4.78 is 5.37. The van der Waals surface area contributed by atoms with Gasteiger partial charge in [-0.2, -0.15) is 0 Å². The summed E-state index contributed by atoms with van der Waals surface area (Å²) in [5, 5.41) is 2.95. The molecule has 0 atom stereocenters. The minimum absolute atomic E-state index is 0.0708. The van der Waals surface area contributed by atoms with E-state index in [1.54, 1.807) is 0 Å². The van der Waals surface area contributed by atoms with Gasteiger partial charge in [0.25, 0.3) is 5.91 Å². The zero-order chi connectivity index (χ0) is 16.8. The first-order valence-electron chi connectivity index (χ1n) is 8.54. The summed E-state index contributed by atoms with van der Waals surface area (Å²) in [5.41, 5.74) is 4.00. The van der Waals surface area contributed by atoms with Crippen LogP contribution in [0.15, 0.2) is 48.5 Å². The average molecular weight is 324 g/mol. The quantitative estimate of drug-likeness (QED) is 0.917. The maximum Gasteiger partial charge on any atom is 0.255 e. The van der Waals surface area contributed by atoms with Crippen LogP contribution in [0.25, 0.3) is 0 Å². The molecule has 1 fully saturated rings. The predicted molar refractivity (Wildman–Crippen MR) is 96.3 cm³/mol. The van der Waals surface area contributed by atoms with Gasteiger partial charge < -0.3 is 10.1 Å². The van der Waals surface area contributed by atoms with Crippen LogP contribution in [0.2, 0.25) is 0 Å². The van der Waals surface area contributed by atoms with Crippen molar-refractivity contribution in [1.82, 2.24) is 4.90 Å². The zero-order valence-electron chi connectivity index (χ0n) is 14.1. The first-order valence-corrected chi connectivity index (χ1v) is 8.54. The summed E-state index contributed by atoms with van der Waals surface area (Å²) in [5.74, 6) is -0.0708. The van der Waals surface area contributed by atoms with Crippen molar-refractivity contribution >= 4 is 11.6 Å². The molecule has 0 saturated carbocycles. The van der Waals surface area contributed by atoms with Crippen LogP contribution in [0.1, 0.15) is 28.4 Å². The minimum atomic E-state index is -0.0708. The highest BCUT2D eigenvalue weighted by atomic mass is 16.5. The number of amides is 1. The fraction of sp³-hybridized carbons (Fsp3) is 0.350. The van der Waals surface area contributed by atoms with Gasteiger partial charge in [0, 0.05) is 30.9 Å². The molecule has 0 unspecified atom stereocenters. The molecule has 24 heavy (non-hydrogen) atoms. The van der Waals surface area contributed by atoms with Gasteiger partial charge in [0.2, 0.25) is 0 Å². The average Bonchev–Trinajstić information content (AvgIpc) is 2.64. The Kier molecular flexibility index (Phi) is 5.62. The number of anilines is 1. The Labute approximate surface area is 143 Å². The fourth-order valence-electron chi connectivity index (χ4n) is 2.81. The van der Waals surface area contributed by atoms with Gasteiger partial charge in [-0.25, -0.2) is 0 Å². The van der Waals surface area contributed by atoms with Crippen LogP contribution in [0, 0.1) is 0 Å². The number of rotatable bonds is 5. The zero-order valence-corrected chi connectivity index (χ0v) is 14.1. The lowest BCUT2D eigenvalue weighted by atomic mass is 10.1. The van der Waals surface area contributed by atoms with Crippen LogP contribution in [0.3, 0.4) is 0 Å². The Morgan fingerprint density at radius 3 is 2.25 bits per heavy atom. The van der Waals surface area contributed by atoms with Crippen molar-refractivity contribution in [2.75, 3.05) is 31.6 Å². The van der Waals surface area contributed by atoms with Crippen molar-refractivity contribution in [2.45, 2.75) is 19.9 Å². The van der Waals surface area contributed by atoms with Crippen LogP contribution in [-0.2, 0) is 17.7 Å². The van der Waals surface area contributed by atoms with Crippen molar-refractivity contribution in [2.24, 2.45) is 0 Å². The molecule has 2 aromatic carbocycles. The van der Waals surface area contributed by atoms with Gasteiger partial charge in [-0.05, 0) is 41.8 Å². The molecule has 2 aromatic rings. The molecule has 1 aliphatic heterocycles. The molecular weight excluding hydrogens is 300 g/mol. The maximum absolute atomic E-state index is 12.3. The van der Waals surface area contributed by atoms with Crippen molar-refractivity contribution < 1.29 is 9.53 Å². The second kappa shape index (κ2) is 8.08. The van der Waals surface area contributed by atoms with Crippen LogP contribution in [0.4, 0.5) is 5.69 Å². The third-order valence-corrected chi connectivity index (χ3v) is 4.35. The lowest BCUT2D eigenvalue weighted by Gasteiger charge is -2.26. The van der Waals surface area contributed by atoms with Crippen molar-refractivity contribution in [3.63, 3.8) is 0 Å². The molecule has 0 aromatic heterocycles. The monoisotopic (exact) mass is 324 g/mol. The van der Waals surface area contributed by atoms with Crippen molar-refractivity contribution in [1.29, 1.82) is 0 Å². The second-order valence-electron chi connectivity index (χ2n) is 6.09. The Bertz CT molecular complexity index is 659. The second-order valence-corrected chi connectivity index (χ2v) is 6.09. The Hall–Kier alpha value is -2.17.